The van der Waals surface area contributed by atoms with Crippen molar-refractivity contribution in [2.24, 2.45) is 5.84 Å². The average Bonchev–Trinajstić information content (AvgIpc) is 2.41. The molecule has 0 heterocycles. The van der Waals surface area contributed by atoms with E-state index in [9.17, 15) is 0 Å². The highest BCUT2D eigenvalue weighted by molar-refractivity contribution is 6.34. The van der Waals surface area contributed by atoms with Gasteiger partial charge in [0.05, 0.1) is 6.04 Å². The van der Waals surface area contributed by atoms with Crippen LogP contribution < -0.4 is 11.3 Å². The summed E-state index contributed by atoms with van der Waals surface area (Å²) < 4.78 is 0. The highest BCUT2D eigenvalue weighted by Gasteiger charge is 2.13. The Bertz CT molecular complexity index is 547. The minimum Gasteiger partial charge on any atom is -0.271 e. The molecule has 2 rings (SSSR count). The highest BCUT2D eigenvalue weighted by atomic mass is 35.5. The van der Waals surface area contributed by atoms with E-state index in [1.807, 2.05) is 12.1 Å². The van der Waals surface area contributed by atoms with Crippen molar-refractivity contribution in [3.63, 3.8) is 0 Å². The van der Waals surface area contributed by atoms with Gasteiger partial charge in [-0.2, -0.15) is 0 Å². The van der Waals surface area contributed by atoms with E-state index in [0.29, 0.717) is 10.0 Å². The molecule has 0 saturated carbocycles. The molecule has 0 amide bonds. The summed E-state index contributed by atoms with van der Waals surface area (Å²) in [4.78, 5) is 0. The van der Waals surface area contributed by atoms with Crippen LogP contribution in [0, 0.1) is 0 Å². The van der Waals surface area contributed by atoms with E-state index in [1.54, 1.807) is 6.07 Å². The smallest absolute Gasteiger partial charge is 0.0711 e. The topological polar surface area (TPSA) is 38.0 Å². The van der Waals surface area contributed by atoms with Crippen molar-refractivity contribution in [3.8, 4) is 0 Å². The standard InChI is InChI=1S/C16H18Cl2N2/c1-2-3-11-4-6-12(7-5-11)16(20-19)13-8-14(17)10-15(18)9-13/h4-10,16,20H,2-3,19H2,1H3. The monoisotopic (exact) mass is 308 g/mol. The molecule has 3 N–H and O–H groups in total. The molecule has 0 aliphatic carbocycles. The van der Waals surface area contributed by atoms with Crippen LogP contribution in [0.1, 0.15) is 36.1 Å². The van der Waals surface area contributed by atoms with Gasteiger partial charge >= 0.3 is 0 Å². The number of hydrazine groups is 1. The minimum absolute atomic E-state index is 0.123. The molecule has 0 aliphatic heterocycles. The van der Waals surface area contributed by atoms with E-state index in [4.69, 9.17) is 29.0 Å². The molecule has 1 unspecified atom stereocenters. The Balaban J connectivity index is 2.31. The van der Waals surface area contributed by atoms with Gasteiger partial charge in [-0.05, 0) is 41.3 Å². The number of benzene rings is 2. The molecule has 106 valence electrons. The predicted molar refractivity (Wildman–Crippen MR) is 86.1 cm³/mol. The molecule has 1 atom stereocenters. The van der Waals surface area contributed by atoms with Gasteiger partial charge in [0, 0.05) is 10.0 Å². The van der Waals surface area contributed by atoms with Gasteiger partial charge in [-0.3, -0.25) is 5.84 Å². The fourth-order valence-electron chi connectivity index (χ4n) is 2.29. The summed E-state index contributed by atoms with van der Waals surface area (Å²) in [5.41, 5.74) is 6.19. The van der Waals surface area contributed by atoms with Crippen LogP contribution in [0.2, 0.25) is 10.0 Å². The van der Waals surface area contributed by atoms with Crippen molar-refractivity contribution < 1.29 is 0 Å². The van der Waals surface area contributed by atoms with Crippen LogP contribution in [-0.4, -0.2) is 0 Å². The lowest BCUT2D eigenvalue weighted by atomic mass is 9.97. The van der Waals surface area contributed by atoms with Crippen molar-refractivity contribution >= 4 is 23.2 Å². The largest absolute Gasteiger partial charge is 0.271 e. The van der Waals surface area contributed by atoms with Gasteiger partial charge in [-0.15, -0.1) is 0 Å². The molecule has 0 bridgehead atoms. The summed E-state index contributed by atoms with van der Waals surface area (Å²) in [6, 6.07) is 13.8. The first kappa shape index (κ1) is 15.3. The Labute approximate surface area is 129 Å². The van der Waals surface area contributed by atoms with Crippen LogP contribution in [0.25, 0.3) is 0 Å². The molecule has 2 aromatic carbocycles. The Hall–Kier alpha value is -1.06. The minimum atomic E-state index is -0.123. The van der Waals surface area contributed by atoms with Gasteiger partial charge in [-0.1, -0.05) is 60.8 Å². The third kappa shape index (κ3) is 3.74. The van der Waals surface area contributed by atoms with E-state index in [0.717, 1.165) is 24.0 Å². The first-order valence-electron chi connectivity index (χ1n) is 6.65. The van der Waals surface area contributed by atoms with Gasteiger partial charge in [-0.25, -0.2) is 5.43 Å². The van der Waals surface area contributed by atoms with E-state index in [-0.39, 0.29) is 6.04 Å². The number of hydrogen-bond donors (Lipinski definition) is 2. The summed E-state index contributed by atoms with van der Waals surface area (Å²) >= 11 is 12.1. The van der Waals surface area contributed by atoms with Crippen molar-refractivity contribution in [2.75, 3.05) is 0 Å². The predicted octanol–water partition coefficient (Wildman–Crippen LogP) is 4.50. The summed E-state index contributed by atoms with van der Waals surface area (Å²) in [5, 5.41) is 1.21. The zero-order valence-electron chi connectivity index (χ0n) is 11.4. The van der Waals surface area contributed by atoms with Gasteiger partial charge in [0.2, 0.25) is 0 Å². The Morgan fingerprint density at radius 3 is 2.10 bits per heavy atom. The van der Waals surface area contributed by atoms with Crippen LogP contribution >= 0.6 is 23.2 Å². The molecule has 2 aromatic rings. The molecular weight excluding hydrogens is 291 g/mol. The Morgan fingerprint density at radius 2 is 1.60 bits per heavy atom. The van der Waals surface area contributed by atoms with Crippen molar-refractivity contribution in [3.05, 3.63) is 69.2 Å². The maximum absolute atomic E-state index is 6.05. The van der Waals surface area contributed by atoms with Crippen molar-refractivity contribution in [1.29, 1.82) is 0 Å². The van der Waals surface area contributed by atoms with E-state index in [2.05, 4.69) is 36.6 Å². The van der Waals surface area contributed by atoms with Crippen LogP contribution in [0.3, 0.4) is 0 Å². The number of hydrogen-bond acceptors (Lipinski definition) is 2. The normalized spacial score (nSPS) is 12.4. The first-order valence-corrected chi connectivity index (χ1v) is 7.40. The molecule has 0 fully saturated rings. The Kier molecular flexibility index (Phi) is 5.44. The number of nitrogens with two attached hydrogens (primary N) is 1. The molecule has 2 nitrogen and oxygen atoms in total. The number of halogens is 2. The van der Waals surface area contributed by atoms with Crippen LogP contribution in [0.4, 0.5) is 0 Å². The lowest BCUT2D eigenvalue weighted by molar-refractivity contribution is 0.636. The van der Waals surface area contributed by atoms with Crippen molar-refractivity contribution in [2.45, 2.75) is 25.8 Å². The summed E-state index contributed by atoms with van der Waals surface area (Å²) in [6.07, 6.45) is 2.23. The molecule has 20 heavy (non-hydrogen) atoms. The SMILES string of the molecule is CCCc1ccc(C(NN)c2cc(Cl)cc(Cl)c2)cc1. The number of nitrogens with one attached hydrogen (secondary N) is 1. The van der Waals surface area contributed by atoms with Gasteiger partial charge in [0.25, 0.3) is 0 Å². The summed E-state index contributed by atoms with van der Waals surface area (Å²) in [6.45, 7) is 2.17. The van der Waals surface area contributed by atoms with E-state index in [1.165, 1.54) is 5.56 Å². The van der Waals surface area contributed by atoms with Crippen LogP contribution in [0.15, 0.2) is 42.5 Å². The second-order valence-electron chi connectivity index (χ2n) is 4.79. The first-order chi connectivity index (χ1) is 9.63. The highest BCUT2D eigenvalue weighted by Crippen LogP contribution is 2.27. The van der Waals surface area contributed by atoms with E-state index >= 15 is 0 Å². The summed E-state index contributed by atoms with van der Waals surface area (Å²) in [5.74, 6) is 5.70. The fourth-order valence-corrected chi connectivity index (χ4v) is 2.84. The molecule has 4 heteroatoms. The molecule has 0 aromatic heterocycles. The number of rotatable bonds is 5. The van der Waals surface area contributed by atoms with Crippen LogP contribution in [0.5, 0.6) is 0 Å². The third-order valence-electron chi connectivity index (χ3n) is 3.24. The van der Waals surface area contributed by atoms with Crippen molar-refractivity contribution in [1.82, 2.24) is 5.43 Å². The summed E-state index contributed by atoms with van der Waals surface area (Å²) in [7, 11) is 0. The maximum atomic E-state index is 6.05. The average molecular weight is 309 g/mol. The zero-order valence-corrected chi connectivity index (χ0v) is 12.9. The molecular formula is C16H18Cl2N2. The molecule has 0 spiro atoms. The van der Waals surface area contributed by atoms with Gasteiger partial charge in [0.1, 0.15) is 0 Å². The maximum Gasteiger partial charge on any atom is 0.0711 e. The van der Waals surface area contributed by atoms with Gasteiger partial charge in [0.15, 0.2) is 0 Å². The zero-order chi connectivity index (χ0) is 14.5. The number of aryl methyl sites for hydroxylation is 1. The second-order valence-corrected chi connectivity index (χ2v) is 5.67. The molecule has 0 aliphatic rings. The lowest BCUT2D eigenvalue weighted by Gasteiger charge is -2.18. The third-order valence-corrected chi connectivity index (χ3v) is 3.67. The van der Waals surface area contributed by atoms with E-state index < -0.39 is 0 Å². The quantitative estimate of drug-likeness (QED) is 0.630. The Morgan fingerprint density at radius 1 is 1.00 bits per heavy atom. The molecule has 0 saturated heterocycles. The van der Waals surface area contributed by atoms with Crippen LogP contribution in [-0.2, 0) is 6.42 Å². The van der Waals surface area contributed by atoms with Gasteiger partial charge < -0.3 is 0 Å². The molecule has 0 radical (unpaired) electrons. The fraction of sp³-hybridized carbons (Fsp3) is 0.250. The second kappa shape index (κ2) is 7.09. The lowest BCUT2D eigenvalue weighted by Crippen LogP contribution is -2.28.